The zero-order valence-electron chi connectivity index (χ0n) is 13.7. The van der Waals surface area contributed by atoms with E-state index >= 15 is 0 Å². The van der Waals surface area contributed by atoms with E-state index in [1.165, 1.54) is 0 Å². The van der Waals surface area contributed by atoms with E-state index in [1.54, 1.807) is 0 Å². The van der Waals surface area contributed by atoms with Crippen molar-refractivity contribution in [1.29, 1.82) is 5.26 Å². The number of nitrogens with one attached hydrogen (secondary N) is 2. The number of nitrogens with zero attached hydrogens (tertiary/aromatic N) is 2. The highest BCUT2D eigenvalue weighted by molar-refractivity contribution is 9.10. The minimum absolute atomic E-state index is 0.0252. The summed E-state index contributed by atoms with van der Waals surface area (Å²) < 4.78 is 0.958. The van der Waals surface area contributed by atoms with Crippen LogP contribution in [0.1, 0.15) is 11.4 Å². The van der Waals surface area contributed by atoms with Crippen molar-refractivity contribution in [3.05, 3.63) is 76.7 Å². The summed E-state index contributed by atoms with van der Waals surface area (Å²) in [7, 11) is 0. The van der Waals surface area contributed by atoms with E-state index in [2.05, 4.69) is 38.0 Å². The minimum atomic E-state index is -0.234. The minimum Gasteiger partial charge on any atom is -0.508 e. The summed E-state index contributed by atoms with van der Waals surface area (Å²) in [6.45, 7) is 3.66. The fourth-order valence-electron chi connectivity index (χ4n) is 2.30. The van der Waals surface area contributed by atoms with E-state index < -0.39 is 0 Å². The molecule has 1 aromatic heterocycles. The van der Waals surface area contributed by atoms with Crippen molar-refractivity contribution in [3.63, 3.8) is 0 Å². The average Bonchev–Trinajstić information content (AvgIpc) is 3.06. The molecule has 0 saturated heterocycles. The first kappa shape index (κ1) is 17.7. The Balaban J connectivity index is 1.68. The number of para-hydroxylation sites is 2. The summed E-state index contributed by atoms with van der Waals surface area (Å²) in [4.78, 5) is 12.6. The van der Waals surface area contributed by atoms with Gasteiger partial charge in [0, 0.05) is 4.47 Å². The first-order valence-electron chi connectivity index (χ1n) is 7.68. The van der Waals surface area contributed by atoms with E-state index in [0.29, 0.717) is 17.0 Å². The van der Waals surface area contributed by atoms with Gasteiger partial charge in [0.05, 0.1) is 16.7 Å². The van der Waals surface area contributed by atoms with Gasteiger partial charge in [0.15, 0.2) is 5.82 Å². The molecule has 0 amide bonds. The number of halogens is 1. The first-order chi connectivity index (χ1) is 12.6. The quantitative estimate of drug-likeness (QED) is 0.319. The molecule has 130 valence electrons. The van der Waals surface area contributed by atoms with E-state index in [-0.39, 0.29) is 17.9 Å². The smallest absolute Gasteiger partial charge is 0.152 e. The third-order valence-electron chi connectivity index (χ3n) is 3.62. The number of aliphatic hydroxyl groups excluding tert-OH is 1. The van der Waals surface area contributed by atoms with Crippen molar-refractivity contribution in [2.45, 2.75) is 0 Å². The first-order valence-corrected chi connectivity index (χ1v) is 8.48. The number of aromatic nitrogens is 2. The lowest BCUT2D eigenvalue weighted by Crippen LogP contribution is -2.15. The normalized spacial score (nSPS) is 11.7. The Morgan fingerprint density at radius 1 is 1.27 bits per heavy atom. The molecule has 0 bridgehead atoms. The van der Waals surface area contributed by atoms with Crippen LogP contribution in [-0.2, 0) is 4.84 Å². The molecular weight excluding hydrogens is 396 g/mol. The van der Waals surface area contributed by atoms with Crippen LogP contribution in [0, 0.1) is 11.3 Å². The molecule has 0 radical (unpaired) electrons. The van der Waals surface area contributed by atoms with E-state index in [9.17, 15) is 10.4 Å². The maximum Gasteiger partial charge on any atom is 0.152 e. The number of rotatable bonds is 6. The van der Waals surface area contributed by atoms with Gasteiger partial charge < -0.3 is 10.1 Å². The second-order valence-electron chi connectivity index (χ2n) is 5.41. The average molecular weight is 411 g/mol. The second kappa shape index (κ2) is 7.87. The number of aromatic amines is 1. The lowest BCUT2D eigenvalue weighted by atomic mass is 10.2. The van der Waals surface area contributed by atoms with Crippen molar-refractivity contribution in [2.75, 3.05) is 6.61 Å². The predicted octanol–water partition coefficient (Wildman–Crippen LogP) is 4.31. The van der Waals surface area contributed by atoms with E-state index in [0.717, 1.165) is 15.6 Å². The SMILES string of the molecule is C=C(NOC/C(O)=C(\C#N)c1nc2ccccc2[nH]1)c1ccc(Br)cc1. The maximum absolute atomic E-state index is 10.2. The Bertz CT molecular complexity index is 983. The molecule has 0 aliphatic rings. The molecule has 0 saturated carbocycles. The fraction of sp³-hybridized carbons (Fsp3) is 0.0526. The number of hydrogen-bond donors (Lipinski definition) is 3. The zero-order chi connectivity index (χ0) is 18.5. The molecule has 0 aliphatic carbocycles. The molecule has 7 heteroatoms. The fourth-order valence-corrected chi connectivity index (χ4v) is 2.56. The largest absolute Gasteiger partial charge is 0.508 e. The van der Waals surface area contributed by atoms with Crippen LogP contribution >= 0.6 is 15.9 Å². The third-order valence-corrected chi connectivity index (χ3v) is 4.15. The maximum atomic E-state index is 10.2. The number of fused-ring (bicyclic) bond motifs is 1. The molecule has 6 nitrogen and oxygen atoms in total. The summed E-state index contributed by atoms with van der Waals surface area (Å²) in [5.41, 5.74) is 5.56. The van der Waals surface area contributed by atoms with Gasteiger partial charge in [0.25, 0.3) is 0 Å². The number of hydrogen-bond acceptors (Lipinski definition) is 5. The molecule has 2 aromatic carbocycles. The van der Waals surface area contributed by atoms with Crippen LogP contribution in [0.3, 0.4) is 0 Å². The molecular formula is C19H15BrN4O2. The number of allylic oxidation sites excluding steroid dienone is 1. The number of H-pyrrole nitrogens is 1. The highest BCUT2D eigenvalue weighted by Crippen LogP contribution is 2.19. The third kappa shape index (κ3) is 3.94. The number of aliphatic hydroxyl groups is 1. The lowest BCUT2D eigenvalue weighted by Gasteiger charge is -2.10. The summed E-state index contributed by atoms with van der Waals surface area (Å²) in [6.07, 6.45) is 0. The Kier molecular flexibility index (Phi) is 5.37. The molecule has 0 atom stereocenters. The summed E-state index contributed by atoms with van der Waals surface area (Å²) >= 11 is 3.36. The highest BCUT2D eigenvalue weighted by atomic mass is 79.9. The lowest BCUT2D eigenvalue weighted by molar-refractivity contribution is 0.0772. The highest BCUT2D eigenvalue weighted by Gasteiger charge is 2.13. The van der Waals surface area contributed by atoms with Gasteiger partial charge in [-0.05, 0) is 29.8 Å². The van der Waals surface area contributed by atoms with Crippen LogP contribution in [0.25, 0.3) is 22.3 Å². The van der Waals surface area contributed by atoms with Crippen molar-refractivity contribution in [1.82, 2.24) is 15.4 Å². The van der Waals surface area contributed by atoms with Gasteiger partial charge in [-0.15, -0.1) is 0 Å². The monoisotopic (exact) mass is 410 g/mol. The predicted molar refractivity (Wildman–Crippen MR) is 104 cm³/mol. The Morgan fingerprint density at radius 2 is 2.00 bits per heavy atom. The Labute approximate surface area is 158 Å². The Morgan fingerprint density at radius 3 is 2.69 bits per heavy atom. The summed E-state index contributed by atoms with van der Waals surface area (Å²) in [5, 5.41) is 19.6. The standard InChI is InChI=1S/C19H15BrN4O2/c1-12(13-6-8-14(20)9-7-13)24-26-11-18(25)15(10-21)19-22-16-4-2-3-5-17(16)23-19/h2-9,24-25H,1,11H2,(H,22,23)/b18-15-. The number of imidazole rings is 1. The molecule has 3 aromatic rings. The van der Waals surface area contributed by atoms with Crippen LogP contribution in [0.4, 0.5) is 0 Å². The van der Waals surface area contributed by atoms with E-state index in [4.69, 9.17) is 4.84 Å². The van der Waals surface area contributed by atoms with Crippen LogP contribution in [0.5, 0.6) is 0 Å². The van der Waals surface area contributed by atoms with Gasteiger partial charge in [0.1, 0.15) is 24.0 Å². The van der Waals surface area contributed by atoms with Crippen molar-refractivity contribution < 1.29 is 9.94 Å². The summed E-state index contributed by atoms with van der Waals surface area (Å²) in [6, 6.07) is 16.8. The molecule has 0 unspecified atom stereocenters. The van der Waals surface area contributed by atoms with Gasteiger partial charge in [-0.1, -0.05) is 46.8 Å². The molecule has 26 heavy (non-hydrogen) atoms. The molecule has 3 rings (SSSR count). The van der Waals surface area contributed by atoms with Crippen LogP contribution in [0.15, 0.2) is 65.3 Å². The number of benzene rings is 2. The summed E-state index contributed by atoms with van der Waals surface area (Å²) in [5.74, 6) is 0.0594. The van der Waals surface area contributed by atoms with Gasteiger partial charge in [-0.25, -0.2) is 4.98 Å². The van der Waals surface area contributed by atoms with Crippen molar-refractivity contribution >= 4 is 38.2 Å². The van der Waals surface area contributed by atoms with Crippen LogP contribution in [0.2, 0.25) is 0 Å². The number of hydroxylamine groups is 1. The topological polar surface area (TPSA) is 94.0 Å². The van der Waals surface area contributed by atoms with Gasteiger partial charge in [0.2, 0.25) is 0 Å². The van der Waals surface area contributed by atoms with Crippen LogP contribution in [-0.4, -0.2) is 21.7 Å². The zero-order valence-corrected chi connectivity index (χ0v) is 15.2. The Hall–Kier alpha value is -3.08. The van der Waals surface area contributed by atoms with Gasteiger partial charge in [-0.3, -0.25) is 10.3 Å². The van der Waals surface area contributed by atoms with Crippen molar-refractivity contribution in [3.8, 4) is 6.07 Å². The molecule has 0 fully saturated rings. The van der Waals surface area contributed by atoms with Crippen molar-refractivity contribution in [2.24, 2.45) is 0 Å². The van der Waals surface area contributed by atoms with E-state index in [1.807, 2.05) is 54.6 Å². The van der Waals surface area contributed by atoms with Gasteiger partial charge >= 0.3 is 0 Å². The number of nitriles is 1. The second-order valence-corrected chi connectivity index (χ2v) is 6.33. The molecule has 0 spiro atoms. The molecule has 0 aliphatic heterocycles. The molecule has 3 N–H and O–H groups in total. The van der Waals surface area contributed by atoms with Crippen LogP contribution < -0.4 is 5.48 Å². The van der Waals surface area contributed by atoms with Gasteiger partial charge in [-0.2, -0.15) is 5.26 Å². The molecule has 1 heterocycles.